The van der Waals surface area contributed by atoms with Crippen LogP contribution in [0.2, 0.25) is 14.8 Å². The van der Waals surface area contributed by atoms with Crippen LogP contribution in [0.15, 0.2) is 36.5 Å². The zero-order valence-corrected chi connectivity index (χ0v) is 14.6. The van der Waals surface area contributed by atoms with Crippen molar-refractivity contribution in [2.24, 2.45) is 7.05 Å². The van der Waals surface area contributed by atoms with E-state index in [-0.39, 0.29) is 0 Å². The number of nitrogens with zero attached hydrogens (tertiary/aromatic N) is 2. The molecule has 0 bridgehead atoms. The van der Waals surface area contributed by atoms with Crippen molar-refractivity contribution < 1.29 is 4.73 Å². The second-order valence-electron chi connectivity index (χ2n) is 6.11. The maximum absolute atomic E-state index is 12.0. The summed E-state index contributed by atoms with van der Waals surface area (Å²) in [6.45, 7) is 0. The summed E-state index contributed by atoms with van der Waals surface area (Å²) in [5, 5.41) is 14.2. The van der Waals surface area contributed by atoms with Crippen molar-refractivity contribution >= 4 is 43.9 Å². The maximum atomic E-state index is 12.0. The Morgan fingerprint density at radius 1 is 1.11 bits per heavy atom. The van der Waals surface area contributed by atoms with E-state index in [0.717, 1.165) is 21.3 Å². The first-order chi connectivity index (χ1) is 8.89. The summed E-state index contributed by atoms with van der Waals surface area (Å²) in [5.74, 6) is 0. The molecule has 0 saturated heterocycles. The van der Waals surface area contributed by atoms with E-state index >= 15 is 0 Å². The average molecular weight is 361 g/mol. The molecule has 0 aliphatic heterocycles. The van der Waals surface area contributed by atoms with Gasteiger partial charge in [-0.15, -0.1) is 0 Å². The van der Waals surface area contributed by atoms with Crippen LogP contribution in [-0.2, 0) is 7.05 Å². The van der Waals surface area contributed by atoms with Gasteiger partial charge in [0.1, 0.15) is 0 Å². The zero-order chi connectivity index (χ0) is 13.8. The van der Waals surface area contributed by atoms with Crippen LogP contribution in [0.25, 0.3) is 21.9 Å². The molecule has 98 valence electrons. The van der Waals surface area contributed by atoms with E-state index in [1.54, 1.807) is 6.20 Å². The van der Waals surface area contributed by atoms with Gasteiger partial charge in [0.25, 0.3) is 0 Å². The van der Waals surface area contributed by atoms with Gasteiger partial charge in [0, 0.05) is 0 Å². The molecular formula is C15H18N2OSn. The van der Waals surface area contributed by atoms with Crippen molar-refractivity contribution in [3.63, 3.8) is 0 Å². The van der Waals surface area contributed by atoms with Crippen LogP contribution >= 0.6 is 0 Å². The predicted octanol–water partition coefficient (Wildman–Crippen LogP) is 2.51. The van der Waals surface area contributed by atoms with E-state index in [1.807, 2.05) is 23.7 Å². The van der Waals surface area contributed by atoms with Crippen LogP contribution < -0.4 is 8.31 Å². The van der Waals surface area contributed by atoms with Crippen LogP contribution in [0.1, 0.15) is 0 Å². The molecule has 0 saturated carbocycles. The van der Waals surface area contributed by atoms with Gasteiger partial charge < -0.3 is 0 Å². The molecule has 3 nitrogen and oxygen atoms in total. The zero-order valence-electron chi connectivity index (χ0n) is 11.8. The van der Waals surface area contributed by atoms with Gasteiger partial charge in [-0.25, -0.2) is 0 Å². The van der Waals surface area contributed by atoms with Gasteiger partial charge in [-0.1, -0.05) is 0 Å². The number of aromatic nitrogens is 2. The number of benzene rings is 1. The summed E-state index contributed by atoms with van der Waals surface area (Å²) in [7, 11) is 1.96. The Hall–Kier alpha value is -1.23. The molecule has 0 N–H and O–H groups in total. The first-order valence-electron chi connectivity index (χ1n) is 6.50. The Balaban J connectivity index is 2.47. The summed E-state index contributed by atoms with van der Waals surface area (Å²) >= 11 is -2.08. The molecule has 1 aromatic carbocycles. The molecule has 0 fully saturated rings. The van der Waals surface area contributed by atoms with Crippen LogP contribution in [0, 0.1) is 5.21 Å². The molecule has 3 aromatic rings. The molecule has 2 aromatic heterocycles. The minimum atomic E-state index is -2.08. The van der Waals surface area contributed by atoms with Gasteiger partial charge >= 0.3 is 117 Å². The molecule has 0 radical (unpaired) electrons. The van der Waals surface area contributed by atoms with Crippen molar-refractivity contribution in [3.05, 3.63) is 41.7 Å². The van der Waals surface area contributed by atoms with Gasteiger partial charge in [0.2, 0.25) is 0 Å². The topological polar surface area (TPSA) is 31.9 Å². The van der Waals surface area contributed by atoms with Crippen molar-refractivity contribution in [1.82, 2.24) is 4.57 Å². The fourth-order valence-electron chi connectivity index (χ4n) is 2.64. The second kappa shape index (κ2) is 4.13. The van der Waals surface area contributed by atoms with Crippen molar-refractivity contribution in [3.8, 4) is 0 Å². The Kier molecular flexibility index (Phi) is 2.78. The standard InChI is InChI=1S/C12H9N2O.3CH3.Sn/c1-13-11-7-3-2-5-9(11)10-6-4-8-14(15)12(10)13;;;;/h3-8H,1H3;3*1H3;. The summed E-state index contributed by atoms with van der Waals surface area (Å²) in [6.07, 6.45) is 1.56. The quantitative estimate of drug-likeness (QED) is 0.373. The van der Waals surface area contributed by atoms with Crippen LogP contribution in [0.3, 0.4) is 0 Å². The van der Waals surface area contributed by atoms with Crippen molar-refractivity contribution in [1.29, 1.82) is 0 Å². The molecule has 0 atom stereocenters. The Labute approximate surface area is 116 Å². The second-order valence-corrected chi connectivity index (χ2v) is 20.6. The number of pyridine rings is 1. The number of hydrogen-bond acceptors (Lipinski definition) is 1. The normalized spacial score (nSPS) is 12.4. The Morgan fingerprint density at radius 2 is 1.84 bits per heavy atom. The molecule has 2 heterocycles. The Bertz CT molecular complexity index is 784. The molecule has 0 unspecified atom stereocenters. The third kappa shape index (κ3) is 1.91. The first-order valence-corrected chi connectivity index (χ1v) is 16.5. The van der Waals surface area contributed by atoms with Gasteiger partial charge in [0.15, 0.2) is 0 Å². The van der Waals surface area contributed by atoms with E-state index in [1.165, 1.54) is 8.97 Å². The van der Waals surface area contributed by atoms with Crippen LogP contribution in [-0.4, -0.2) is 22.9 Å². The van der Waals surface area contributed by atoms with Gasteiger partial charge in [-0.2, -0.15) is 0 Å². The molecule has 0 aliphatic carbocycles. The van der Waals surface area contributed by atoms with Crippen molar-refractivity contribution in [2.45, 2.75) is 14.8 Å². The summed E-state index contributed by atoms with van der Waals surface area (Å²) in [6, 6.07) is 10.6. The number of fused-ring (bicyclic) bond motifs is 3. The Morgan fingerprint density at radius 3 is 2.53 bits per heavy atom. The monoisotopic (exact) mass is 362 g/mol. The predicted molar refractivity (Wildman–Crippen MR) is 82.4 cm³/mol. The third-order valence-electron chi connectivity index (χ3n) is 3.77. The first kappa shape index (κ1) is 12.8. The fraction of sp³-hybridized carbons (Fsp3) is 0.267. The fourth-order valence-corrected chi connectivity index (χ4v) is 5.96. The number of rotatable bonds is 1. The minimum absolute atomic E-state index is 0.735. The average Bonchev–Trinajstić information content (AvgIpc) is 2.63. The van der Waals surface area contributed by atoms with Gasteiger partial charge in [-0.3, -0.25) is 0 Å². The summed E-state index contributed by atoms with van der Waals surface area (Å²) in [5.41, 5.74) is 1.86. The van der Waals surface area contributed by atoms with E-state index < -0.39 is 18.4 Å². The molecular weight excluding hydrogens is 343 g/mol. The van der Waals surface area contributed by atoms with E-state index in [2.05, 4.69) is 33.0 Å². The SMILES string of the molecule is Cn1c2cc[c]([Sn]([CH3])([CH3])[CH3])cc2c2ccc[n+]([O-])c21. The van der Waals surface area contributed by atoms with E-state index in [9.17, 15) is 5.21 Å². The molecule has 4 heteroatoms. The molecule has 0 amide bonds. The van der Waals surface area contributed by atoms with Crippen LogP contribution in [0.5, 0.6) is 0 Å². The van der Waals surface area contributed by atoms with Crippen LogP contribution in [0.4, 0.5) is 0 Å². The summed E-state index contributed by atoms with van der Waals surface area (Å²) in [4.78, 5) is 7.23. The summed E-state index contributed by atoms with van der Waals surface area (Å²) < 4.78 is 4.44. The molecule has 19 heavy (non-hydrogen) atoms. The molecule has 0 aliphatic rings. The van der Waals surface area contributed by atoms with E-state index in [4.69, 9.17) is 0 Å². The third-order valence-corrected chi connectivity index (χ3v) is 9.60. The molecule has 3 rings (SSSR count). The number of aryl methyl sites for hydroxylation is 1. The van der Waals surface area contributed by atoms with Gasteiger partial charge in [0.05, 0.1) is 0 Å². The number of hydrogen-bond donors (Lipinski definition) is 0. The van der Waals surface area contributed by atoms with E-state index in [0.29, 0.717) is 0 Å². The van der Waals surface area contributed by atoms with Crippen molar-refractivity contribution in [2.75, 3.05) is 0 Å². The molecule has 0 spiro atoms. The van der Waals surface area contributed by atoms with Gasteiger partial charge in [-0.05, 0) is 0 Å².